The third-order valence-electron chi connectivity index (χ3n) is 2.94. The first-order chi connectivity index (χ1) is 10.5. The second-order valence-corrected chi connectivity index (χ2v) is 5.67. The van der Waals surface area contributed by atoms with Crippen molar-refractivity contribution in [3.8, 4) is 0 Å². The first-order valence-corrected chi connectivity index (χ1v) is 7.90. The normalized spacial score (nSPS) is 11.4. The van der Waals surface area contributed by atoms with Crippen molar-refractivity contribution in [3.05, 3.63) is 29.8 Å². The summed E-state index contributed by atoms with van der Waals surface area (Å²) in [5.74, 6) is 1.37. The van der Waals surface area contributed by atoms with E-state index in [1.54, 1.807) is 0 Å². The number of carbonyl (C=O) groups is 1. The molecule has 0 aromatic heterocycles. The third kappa shape index (κ3) is 7.67. The molecule has 0 aliphatic rings. The van der Waals surface area contributed by atoms with Gasteiger partial charge >= 0.3 is 0 Å². The molecule has 22 heavy (non-hydrogen) atoms. The Bertz CT molecular complexity index is 480. The number of rotatable bonds is 7. The number of carbonyl (C=O) groups excluding carboxylic acids is 1. The Balaban J connectivity index is 2.44. The fourth-order valence-electron chi connectivity index (χ4n) is 1.90. The van der Waals surface area contributed by atoms with Gasteiger partial charge in [-0.15, -0.1) is 0 Å². The maximum atomic E-state index is 11.0. The van der Waals surface area contributed by atoms with Crippen LogP contribution in [-0.4, -0.2) is 31.5 Å². The number of amides is 1. The van der Waals surface area contributed by atoms with Gasteiger partial charge in [-0.1, -0.05) is 26.0 Å². The molecule has 0 heterocycles. The molecule has 0 radical (unpaired) electrons. The van der Waals surface area contributed by atoms with Crippen LogP contribution in [0.2, 0.25) is 0 Å². The van der Waals surface area contributed by atoms with Crippen LogP contribution in [-0.2, 0) is 11.2 Å². The Morgan fingerprint density at radius 2 is 1.86 bits per heavy atom. The molecule has 1 aromatic rings. The van der Waals surface area contributed by atoms with Crippen molar-refractivity contribution in [1.29, 1.82) is 0 Å². The van der Waals surface area contributed by atoms with Gasteiger partial charge in [-0.2, -0.15) is 0 Å². The van der Waals surface area contributed by atoms with Crippen LogP contribution < -0.4 is 16.0 Å². The summed E-state index contributed by atoms with van der Waals surface area (Å²) >= 11 is 0. The molecule has 0 spiro atoms. The van der Waals surface area contributed by atoms with E-state index in [0.29, 0.717) is 5.92 Å². The largest absolute Gasteiger partial charge is 0.357 e. The number of anilines is 1. The molecule has 122 valence electrons. The highest BCUT2D eigenvalue weighted by atomic mass is 16.1. The van der Waals surface area contributed by atoms with Crippen molar-refractivity contribution in [2.45, 2.75) is 34.1 Å². The number of hydrogen-bond acceptors (Lipinski definition) is 2. The highest BCUT2D eigenvalue weighted by molar-refractivity contribution is 5.88. The van der Waals surface area contributed by atoms with Gasteiger partial charge in [0.05, 0.1) is 0 Å². The molecule has 0 fully saturated rings. The van der Waals surface area contributed by atoms with Gasteiger partial charge in [0.15, 0.2) is 5.96 Å². The lowest BCUT2D eigenvalue weighted by Crippen LogP contribution is -2.38. The molecule has 0 unspecified atom stereocenters. The van der Waals surface area contributed by atoms with E-state index in [9.17, 15) is 4.79 Å². The monoisotopic (exact) mass is 304 g/mol. The fraction of sp³-hybridized carbons (Fsp3) is 0.529. The van der Waals surface area contributed by atoms with Gasteiger partial charge in [0, 0.05) is 32.2 Å². The minimum absolute atomic E-state index is 0.0499. The third-order valence-corrected chi connectivity index (χ3v) is 2.94. The van der Waals surface area contributed by atoms with Crippen LogP contribution in [0.5, 0.6) is 0 Å². The molecule has 5 heteroatoms. The number of hydrogen-bond donors (Lipinski definition) is 3. The molecule has 1 amide bonds. The van der Waals surface area contributed by atoms with Crippen molar-refractivity contribution in [1.82, 2.24) is 10.6 Å². The maximum Gasteiger partial charge on any atom is 0.221 e. The molecule has 1 aromatic carbocycles. The Morgan fingerprint density at radius 3 is 2.41 bits per heavy atom. The number of nitrogens with one attached hydrogen (secondary N) is 3. The van der Waals surface area contributed by atoms with Gasteiger partial charge in [-0.05, 0) is 37.0 Å². The van der Waals surface area contributed by atoms with Crippen molar-refractivity contribution in [3.63, 3.8) is 0 Å². The zero-order chi connectivity index (χ0) is 16.4. The average Bonchev–Trinajstić information content (AvgIpc) is 2.46. The molecule has 0 saturated heterocycles. The van der Waals surface area contributed by atoms with Crippen molar-refractivity contribution < 1.29 is 4.79 Å². The maximum absolute atomic E-state index is 11.0. The molecular formula is C17H28N4O. The van der Waals surface area contributed by atoms with Gasteiger partial charge in [-0.3, -0.25) is 9.79 Å². The highest BCUT2D eigenvalue weighted by Gasteiger charge is 2.00. The number of aliphatic imine (C=N–C) groups is 1. The van der Waals surface area contributed by atoms with Crippen LogP contribution in [0.4, 0.5) is 5.69 Å². The lowest BCUT2D eigenvalue weighted by atomic mass is 10.1. The zero-order valence-electron chi connectivity index (χ0n) is 14.1. The highest BCUT2D eigenvalue weighted by Crippen LogP contribution is 2.09. The van der Waals surface area contributed by atoms with Crippen LogP contribution in [0.15, 0.2) is 29.3 Å². The standard InChI is InChI=1S/C17H28N4O/c1-5-18-17(20-12-13(2)3)19-11-10-15-6-8-16(9-7-15)21-14(4)22/h6-9,13H,5,10-12H2,1-4H3,(H,21,22)(H2,18,19,20). The lowest BCUT2D eigenvalue weighted by Gasteiger charge is -2.12. The second-order valence-electron chi connectivity index (χ2n) is 5.67. The average molecular weight is 304 g/mol. The molecule has 1 rings (SSSR count). The first-order valence-electron chi connectivity index (χ1n) is 7.90. The lowest BCUT2D eigenvalue weighted by molar-refractivity contribution is -0.114. The van der Waals surface area contributed by atoms with E-state index in [1.807, 2.05) is 24.3 Å². The van der Waals surface area contributed by atoms with E-state index in [0.717, 1.165) is 37.7 Å². The summed E-state index contributed by atoms with van der Waals surface area (Å²) in [5.41, 5.74) is 2.05. The Labute approximate surface area is 133 Å². The number of nitrogens with zero attached hydrogens (tertiary/aromatic N) is 1. The summed E-state index contributed by atoms with van der Waals surface area (Å²) in [6.07, 6.45) is 0.909. The minimum atomic E-state index is -0.0499. The molecule has 3 N–H and O–H groups in total. The van der Waals surface area contributed by atoms with Crippen LogP contribution >= 0.6 is 0 Å². The second kappa shape index (κ2) is 9.82. The molecular weight excluding hydrogens is 276 g/mol. The minimum Gasteiger partial charge on any atom is -0.357 e. The van der Waals surface area contributed by atoms with Gasteiger partial charge in [0.1, 0.15) is 0 Å². The summed E-state index contributed by atoms with van der Waals surface area (Å²) < 4.78 is 0. The fourth-order valence-corrected chi connectivity index (χ4v) is 1.90. The Morgan fingerprint density at radius 1 is 1.18 bits per heavy atom. The van der Waals surface area contributed by atoms with Gasteiger partial charge in [0.25, 0.3) is 0 Å². The van der Waals surface area contributed by atoms with Gasteiger partial charge in [-0.25, -0.2) is 0 Å². The predicted molar refractivity (Wildman–Crippen MR) is 93.3 cm³/mol. The number of benzene rings is 1. The topological polar surface area (TPSA) is 65.5 Å². The van der Waals surface area contributed by atoms with E-state index < -0.39 is 0 Å². The Hall–Kier alpha value is -2.04. The first kappa shape index (κ1) is 18.0. The smallest absolute Gasteiger partial charge is 0.221 e. The SMILES string of the molecule is CCNC(=NCC(C)C)NCCc1ccc(NC(C)=O)cc1. The predicted octanol–water partition coefficient (Wildman–Crippen LogP) is 2.40. The summed E-state index contributed by atoms with van der Waals surface area (Å²) in [6, 6.07) is 7.92. The zero-order valence-corrected chi connectivity index (χ0v) is 14.1. The van der Waals surface area contributed by atoms with Gasteiger partial charge in [0.2, 0.25) is 5.91 Å². The van der Waals surface area contributed by atoms with Crippen molar-refractivity contribution in [2.75, 3.05) is 25.0 Å². The van der Waals surface area contributed by atoms with Crippen LogP contribution in [0.25, 0.3) is 0 Å². The molecule has 0 aliphatic heterocycles. The van der Waals surface area contributed by atoms with Crippen LogP contribution in [0.1, 0.15) is 33.3 Å². The molecule has 5 nitrogen and oxygen atoms in total. The molecule has 0 bridgehead atoms. The number of guanidine groups is 1. The van der Waals surface area contributed by atoms with Crippen LogP contribution in [0, 0.1) is 5.92 Å². The summed E-state index contributed by atoms with van der Waals surface area (Å²) in [7, 11) is 0. The van der Waals surface area contributed by atoms with E-state index in [4.69, 9.17) is 0 Å². The van der Waals surface area contributed by atoms with Crippen molar-refractivity contribution in [2.24, 2.45) is 10.9 Å². The molecule has 0 atom stereocenters. The molecule has 0 saturated carbocycles. The van der Waals surface area contributed by atoms with Crippen LogP contribution in [0.3, 0.4) is 0 Å². The van der Waals surface area contributed by atoms with Gasteiger partial charge < -0.3 is 16.0 Å². The van der Waals surface area contributed by atoms with E-state index in [2.05, 4.69) is 41.7 Å². The van der Waals surface area contributed by atoms with E-state index in [1.165, 1.54) is 12.5 Å². The molecule has 0 aliphatic carbocycles. The van der Waals surface area contributed by atoms with E-state index in [-0.39, 0.29) is 5.91 Å². The summed E-state index contributed by atoms with van der Waals surface area (Å²) in [6.45, 7) is 10.4. The Kier molecular flexibility index (Phi) is 8.04. The van der Waals surface area contributed by atoms with E-state index >= 15 is 0 Å². The summed E-state index contributed by atoms with van der Waals surface area (Å²) in [5, 5.41) is 9.35. The van der Waals surface area contributed by atoms with Crippen molar-refractivity contribution >= 4 is 17.6 Å². The quantitative estimate of drug-likeness (QED) is 0.535. The summed E-state index contributed by atoms with van der Waals surface area (Å²) in [4.78, 5) is 15.5.